The van der Waals surface area contributed by atoms with Gasteiger partial charge in [0.15, 0.2) is 0 Å². The third-order valence-electron chi connectivity index (χ3n) is 3.66. The van der Waals surface area contributed by atoms with Crippen LogP contribution in [0, 0.1) is 0 Å². The molecule has 0 saturated carbocycles. The topological polar surface area (TPSA) is 51.3 Å². The maximum atomic E-state index is 11.6. The summed E-state index contributed by atoms with van der Waals surface area (Å²) < 4.78 is 10.3. The monoisotopic (exact) mass is 271 g/mol. The van der Waals surface area contributed by atoms with Gasteiger partial charge in [0.05, 0.1) is 13.7 Å². The van der Waals surface area contributed by atoms with E-state index in [9.17, 15) is 4.79 Å². The number of carbonyl (C=O) groups is 1. The number of hydrogen-bond donors (Lipinski definition) is 1. The van der Waals surface area contributed by atoms with Crippen LogP contribution in [-0.4, -0.2) is 24.7 Å². The van der Waals surface area contributed by atoms with Crippen LogP contribution in [0.3, 0.4) is 0 Å². The number of benzene rings is 1. The van der Waals surface area contributed by atoms with Gasteiger partial charge in [-0.1, -0.05) is 0 Å². The van der Waals surface area contributed by atoms with Crippen molar-refractivity contribution in [2.75, 3.05) is 13.7 Å². The Bertz CT molecular complexity index is 697. The van der Waals surface area contributed by atoms with Gasteiger partial charge in [-0.3, -0.25) is 0 Å². The van der Waals surface area contributed by atoms with Crippen LogP contribution in [0.4, 0.5) is 0 Å². The SMILES string of the molecule is CCOC(=O)C=C1CCc2c1[nH]c1ccc(OC)cc21. The molecule has 0 saturated heterocycles. The fourth-order valence-electron chi connectivity index (χ4n) is 2.74. The van der Waals surface area contributed by atoms with Crippen molar-refractivity contribution in [2.24, 2.45) is 0 Å². The molecule has 2 aromatic rings. The van der Waals surface area contributed by atoms with Gasteiger partial charge < -0.3 is 14.5 Å². The Morgan fingerprint density at radius 3 is 3.00 bits per heavy atom. The van der Waals surface area contributed by atoms with E-state index in [1.165, 1.54) is 10.9 Å². The van der Waals surface area contributed by atoms with Gasteiger partial charge >= 0.3 is 5.97 Å². The second-order valence-electron chi connectivity index (χ2n) is 4.81. The van der Waals surface area contributed by atoms with E-state index in [1.807, 2.05) is 25.1 Å². The fourth-order valence-corrected chi connectivity index (χ4v) is 2.74. The minimum absolute atomic E-state index is 0.272. The van der Waals surface area contributed by atoms with Gasteiger partial charge in [-0.05, 0) is 49.1 Å². The van der Waals surface area contributed by atoms with Crippen LogP contribution < -0.4 is 4.74 Å². The first kappa shape index (κ1) is 12.8. The first-order valence-electron chi connectivity index (χ1n) is 6.79. The number of ether oxygens (including phenoxy) is 2. The number of aromatic amines is 1. The largest absolute Gasteiger partial charge is 0.497 e. The normalized spacial score (nSPS) is 15.6. The number of fused-ring (bicyclic) bond motifs is 3. The Hall–Kier alpha value is -2.23. The Kier molecular flexibility index (Phi) is 3.22. The van der Waals surface area contributed by atoms with Crippen molar-refractivity contribution in [1.29, 1.82) is 0 Å². The molecule has 1 N–H and O–H groups in total. The summed E-state index contributed by atoms with van der Waals surface area (Å²) in [6.07, 6.45) is 3.41. The molecule has 104 valence electrons. The Labute approximate surface area is 117 Å². The third kappa shape index (κ3) is 2.07. The maximum absolute atomic E-state index is 11.6. The summed E-state index contributed by atoms with van der Waals surface area (Å²) >= 11 is 0. The second-order valence-corrected chi connectivity index (χ2v) is 4.81. The standard InChI is InChI=1S/C16H17NO3/c1-3-20-15(18)8-10-4-6-12-13-9-11(19-2)5-7-14(13)17-16(10)12/h5,7-9,17H,3-4,6H2,1-2H3. The van der Waals surface area contributed by atoms with Gasteiger partial charge in [-0.25, -0.2) is 4.79 Å². The molecule has 0 radical (unpaired) electrons. The fraction of sp³-hybridized carbons (Fsp3) is 0.312. The van der Waals surface area contributed by atoms with Gasteiger partial charge in [0.1, 0.15) is 5.75 Å². The van der Waals surface area contributed by atoms with Crippen molar-refractivity contribution in [2.45, 2.75) is 19.8 Å². The van der Waals surface area contributed by atoms with Crippen molar-refractivity contribution in [3.63, 3.8) is 0 Å². The summed E-state index contributed by atoms with van der Waals surface area (Å²) in [4.78, 5) is 15.0. The van der Waals surface area contributed by atoms with E-state index >= 15 is 0 Å². The van der Waals surface area contributed by atoms with Crippen LogP contribution >= 0.6 is 0 Å². The molecular weight excluding hydrogens is 254 g/mol. The van der Waals surface area contributed by atoms with Crippen LogP contribution in [0.25, 0.3) is 16.5 Å². The van der Waals surface area contributed by atoms with Crippen molar-refractivity contribution >= 4 is 22.4 Å². The molecule has 0 aliphatic heterocycles. The lowest BCUT2D eigenvalue weighted by Gasteiger charge is -2.00. The second kappa shape index (κ2) is 5.04. The summed E-state index contributed by atoms with van der Waals surface area (Å²) in [5.41, 5.74) is 4.41. The lowest BCUT2D eigenvalue weighted by Crippen LogP contribution is -2.00. The number of nitrogens with one attached hydrogen (secondary N) is 1. The number of allylic oxidation sites excluding steroid dienone is 1. The molecule has 0 fully saturated rings. The molecule has 0 atom stereocenters. The molecule has 20 heavy (non-hydrogen) atoms. The quantitative estimate of drug-likeness (QED) is 0.689. The van der Waals surface area contributed by atoms with Crippen molar-refractivity contribution in [3.05, 3.63) is 35.5 Å². The highest BCUT2D eigenvalue weighted by Crippen LogP contribution is 2.38. The number of aryl methyl sites for hydroxylation is 1. The predicted octanol–water partition coefficient (Wildman–Crippen LogP) is 3.07. The summed E-state index contributed by atoms with van der Waals surface area (Å²) in [7, 11) is 1.67. The molecule has 0 unspecified atom stereocenters. The number of hydrogen-bond acceptors (Lipinski definition) is 3. The minimum atomic E-state index is -0.272. The zero-order chi connectivity index (χ0) is 14.1. The molecule has 1 heterocycles. The van der Waals surface area contributed by atoms with E-state index in [0.717, 1.165) is 35.4 Å². The summed E-state index contributed by atoms with van der Waals surface area (Å²) in [6, 6.07) is 5.98. The molecule has 0 amide bonds. The number of carbonyl (C=O) groups excluding carboxylic acids is 1. The zero-order valence-corrected chi connectivity index (χ0v) is 11.7. The number of rotatable bonds is 3. The average molecular weight is 271 g/mol. The van der Waals surface area contributed by atoms with Crippen molar-refractivity contribution in [1.82, 2.24) is 4.98 Å². The highest BCUT2D eigenvalue weighted by Gasteiger charge is 2.22. The van der Waals surface area contributed by atoms with Crippen LogP contribution in [0.15, 0.2) is 24.3 Å². The number of aromatic nitrogens is 1. The average Bonchev–Trinajstić information content (AvgIpc) is 2.98. The Morgan fingerprint density at radius 1 is 1.40 bits per heavy atom. The van der Waals surface area contributed by atoms with Gasteiger partial charge in [0.25, 0.3) is 0 Å². The van der Waals surface area contributed by atoms with Crippen LogP contribution in [-0.2, 0) is 16.0 Å². The van der Waals surface area contributed by atoms with Crippen LogP contribution in [0.1, 0.15) is 24.6 Å². The third-order valence-corrected chi connectivity index (χ3v) is 3.66. The lowest BCUT2D eigenvalue weighted by molar-refractivity contribution is -0.137. The minimum Gasteiger partial charge on any atom is -0.497 e. The molecule has 0 spiro atoms. The van der Waals surface area contributed by atoms with Crippen molar-refractivity contribution in [3.8, 4) is 5.75 Å². The maximum Gasteiger partial charge on any atom is 0.331 e. The van der Waals surface area contributed by atoms with Crippen LogP contribution in [0.2, 0.25) is 0 Å². The number of methoxy groups -OCH3 is 1. The molecule has 3 rings (SSSR count). The van der Waals surface area contributed by atoms with Gasteiger partial charge in [0, 0.05) is 22.7 Å². The van der Waals surface area contributed by atoms with E-state index in [1.54, 1.807) is 13.2 Å². The van der Waals surface area contributed by atoms with E-state index in [0.29, 0.717) is 6.61 Å². The highest BCUT2D eigenvalue weighted by atomic mass is 16.5. The molecular formula is C16H17NO3. The Balaban J connectivity index is 2.04. The van der Waals surface area contributed by atoms with E-state index in [-0.39, 0.29) is 5.97 Å². The van der Waals surface area contributed by atoms with Gasteiger partial charge in [0.2, 0.25) is 0 Å². The lowest BCUT2D eigenvalue weighted by atomic mass is 10.1. The molecule has 1 aliphatic rings. The molecule has 1 aromatic carbocycles. The van der Waals surface area contributed by atoms with Gasteiger partial charge in [-0.2, -0.15) is 0 Å². The zero-order valence-electron chi connectivity index (χ0n) is 11.7. The number of H-pyrrole nitrogens is 1. The predicted molar refractivity (Wildman–Crippen MR) is 77.8 cm³/mol. The number of esters is 1. The van der Waals surface area contributed by atoms with Crippen LogP contribution in [0.5, 0.6) is 5.75 Å². The molecule has 1 aromatic heterocycles. The first-order valence-corrected chi connectivity index (χ1v) is 6.79. The van der Waals surface area contributed by atoms with E-state index < -0.39 is 0 Å². The molecule has 0 bridgehead atoms. The summed E-state index contributed by atoms with van der Waals surface area (Å²) in [5, 5.41) is 1.17. The van der Waals surface area contributed by atoms with E-state index in [4.69, 9.17) is 9.47 Å². The highest BCUT2D eigenvalue weighted by molar-refractivity contribution is 5.97. The van der Waals surface area contributed by atoms with Crippen molar-refractivity contribution < 1.29 is 14.3 Å². The first-order chi connectivity index (χ1) is 9.72. The Morgan fingerprint density at radius 2 is 2.25 bits per heavy atom. The smallest absolute Gasteiger partial charge is 0.331 e. The molecule has 4 nitrogen and oxygen atoms in total. The molecule has 1 aliphatic carbocycles. The summed E-state index contributed by atoms with van der Waals surface area (Å²) in [6.45, 7) is 2.21. The van der Waals surface area contributed by atoms with Gasteiger partial charge in [-0.15, -0.1) is 0 Å². The van der Waals surface area contributed by atoms with E-state index in [2.05, 4.69) is 4.98 Å². The molecule has 4 heteroatoms. The summed E-state index contributed by atoms with van der Waals surface area (Å²) in [5.74, 6) is 0.578.